The molecule has 0 amide bonds. The molecular formula is C8H4F3IN2O5. The van der Waals surface area contributed by atoms with E-state index in [0.717, 1.165) is 7.11 Å². The van der Waals surface area contributed by atoms with Crippen LogP contribution < -0.4 is 4.74 Å². The number of halogens is 4. The first-order valence-electron chi connectivity index (χ1n) is 4.34. The molecule has 0 saturated carbocycles. The zero-order valence-corrected chi connectivity index (χ0v) is 11.2. The van der Waals surface area contributed by atoms with Crippen LogP contribution in [0.2, 0.25) is 0 Å². The standard InChI is InChI=1S/C8H4F3IN2O5/c1-18-7(15)3-2-4(19-8(9,10)11)13-6(12)5(3)14(16)17/h2H,1H3. The lowest BCUT2D eigenvalue weighted by molar-refractivity contribution is -0.386. The van der Waals surface area contributed by atoms with E-state index >= 15 is 0 Å². The van der Waals surface area contributed by atoms with Crippen molar-refractivity contribution in [1.82, 2.24) is 4.98 Å². The van der Waals surface area contributed by atoms with Crippen molar-refractivity contribution in [2.24, 2.45) is 0 Å². The molecule has 7 nitrogen and oxygen atoms in total. The summed E-state index contributed by atoms with van der Waals surface area (Å²) < 4.78 is 43.4. The number of nitrogens with zero attached hydrogens (tertiary/aromatic N) is 2. The number of methoxy groups -OCH3 is 1. The Balaban J connectivity index is 3.39. The third-order valence-corrected chi connectivity index (χ3v) is 2.49. The SMILES string of the molecule is COC(=O)c1cc(OC(F)(F)F)nc(I)c1[N+](=O)[O-]. The average Bonchev–Trinajstić information content (AvgIpc) is 2.24. The highest BCUT2D eigenvalue weighted by Crippen LogP contribution is 2.30. The van der Waals surface area contributed by atoms with Gasteiger partial charge in [0, 0.05) is 6.07 Å². The molecule has 1 heterocycles. The zero-order valence-electron chi connectivity index (χ0n) is 9.02. The van der Waals surface area contributed by atoms with Gasteiger partial charge in [-0.3, -0.25) is 10.1 Å². The number of hydrogen-bond acceptors (Lipinski definition) is 6. The molecule has 0 bridgehead atoms. The van der Waals surface area contributed by atoms with Crippen LogP contribution >= 0.6 is 22.6 Å². The van der Waals surface area contributed by atoms with Gasteiger partial charge >= 0.3 is 18.0 Å². The summed E-state index contributed by atoms with van der Waals surface area (Å²) in [6, 6.07) is 0.500. The Morgan fingerprint density at radius 2 is 2.11 bits per heavy atom. The summed E-state index contributed by atoms with van der Waals surface area (Å²) >= 11 is 1.32. The fourth-order valence-electron chi connectivity index (χ4n) is 1.10. The van der Waals surface area contributed by atoms with Gasteiger partial charge in [-0.15, -0.1) is 13.2 Å². The van der Waals surface area contributed by atoms with E-state index in [4.69, 9.17) is 0 Å². The summed E-state index contributed by atoms with van der Waals surface area (Å²) in [4.78, 5) is 24.4. The molecule has 0 aliphatic rings. The number of rotatable bonds is 3. The Morgan fingerprint density at radius 3 is 2.53 bits per heavy atom. The molecule has 0 spiro atoms. The van der Waals surface area contributed by atoms with Crippen molar-refractivity contribution in [1.29, 1.82) is 0 Å². The molecule has 11 heteroatoms. The first kappa shape index (κ1) is 15.4. The van der Waals surface area contributed by atoms with Crippen molar-refractivity contribution < 1.29 is 32.4 Å². The summed E-state index contributed by atoms with van der Waals surface area (Å²) in [6.07, 6.45) is -5.03. The molecule has 0 radical (unpaired) electrons. The first-order valence-corrected chi connectivity index (χ1v) is 5.42. The van der Waals surface area contributed by atoms with E-state index in [1.165, 1.54) is 22.6 Å². The minimum Gasteiger partial charge on any atom is -0.465 e. The van der Waals surface area contributed by atoms with Crippen LogP contribution in [0.3, 0.4) is 0 Å². The number of esters is 1. The maximum Gasteiger partial charge on any atom is 0.574 e. The molecule has 0 unspecified atom stereocenters. The molecule has 0 N–H and O–H groups in total. The Morgan fingerprint density at radius 1 is 1.53 bits per heavy atom. The van der Waals surface area contributed by atoms with E-state index in [2.05, 4.69) is 14.5 Å². The van der Waals surface area contributed by atoms with E-state index in [9.17, 15) is 28.1 Å². The zero-order chi connectivity index (χ0) is 14.8. The molecule has 1 rings (SSSR count). The smallest absolute Gasteiger partial charge is 0.465 e. The van der Waals surface area contributed by atoms with Gasteiger partial charge in [0.1, 0.15) is 5.56 Å². The van der Waals surface area contributed by atoms with Gasteiger partial charge in [0.25, 0.3) is 0 Å². The second-order valence-electron chi connectivity index (χ2n) is 2.94. The third kappa shape index (κ3) is 3.90. The minimum atomic E-state index is -5.03. The first-order chi connectivity index (χ1) is 8.65. The molecule has 1 aromatic heterocycles. The van der Waals surface area contributed by atoms with E-state index in [1.54, 1.807) is 0 Å². The number of carbonyl (C=O) groups is 1. The molecule has 19 heavy (non-hydrogen) atoms. The summed E-state index contributed by atoms with van der Waals surface area (Å²) in [7, 11) is 0.934. The fourth-order valence-corrected chi connectivity index (χ4v) is 1.82. The van der Waals surface area contributed by atoms with Crippen LogP contribution in [0, 0.1) is 13.8 Å². The van der Waals surface area contributed by atoms with Crippen LogP contribution in [-0.2, 0) is 4.74 Å². The van der Waals surface area contributed by atoms with Crippen LogP contribution in [0.1, 0.15) is 10.4 Å². The largest absolute Gasteiger partial charge is 0.574 e. The molecule has 0 aliphatic carbocycles. The monoisotopic (exact) mass is 392 g/mol. The molecule has 0 fully saturated rings. The molecule has 0 aliphatic heterocycles. The highest BCUT2D eigenvalue weighted by atomic mass is 127. The molecule has 1 aromatic rings. The predicted molar refractivity (Wildman–Crippen MR) is 61.6 cm³/mol. The Hall–Kier alpha value is -1.66. The fraction of sp³-hybridized carbons (Fsp3) is 0.250. The van der Waals surface area contributed by atoms with E-state index in [0.29, 0.717) is 6.07 Å². The number of ether oxygens (including phenoxy) is 2. The van der Waals surface area contributed by atoms with Crippen molar-refractivity contribution in [3.05, 3.63) is 25.4 Å². The van der Waals surface area contributed by atoms with Crippen LogP contribution in [0.5, 0.6) is 5.88 Å². The highest BCUT2D eigenvalue weighted by Gasteiger charge is 2.34. The predicted octanol–water partition coefficient (Wildman–Crippen LogP) is 2.28. The van der Waals surface area contributed by atoms with E-state index in [1.807, 2.05) is 0 Å². The van der Waals surface area contributed by atoms with Crippen molar-refractivity contribution in [3.63, 3.8) is 0 Å². The van der Waals surface area contributed by atoms with E-state index < -0.39 is 38.1 Å². The molecule has 0 aromatic carbocycles. The summed E-state index contributed by atoms with van der Waals surface area (Å²) in [6.45, 7) is 0. The Labute approximate surface area is 117 Å². The van der Waals surface area contributed by atoms with Gasteiger partial charge in [-0.25, -0.2) is 4.79 Å². The number of hydrogen-bond donors (Lipinski definition) is 0. The third-order valence-electron chi connectivity index (χ3n) is 1.73. The highest BCUT2D eigenvalue weighted by molar-refractivity contribution is 14.1. The molecular weight excluding hydrogens is 388 g/mol. The van der Waals surface area contributed by atoms with Gasteiger partial charge in [0.15, 0.2) is 3.70 Å². The lowest BCUT2D eigenvalue weighted by atomic mass is 10.2. The minimum absolute atomic E-state index is 0.426. The quantitative estimate of drug-likeness (QED) is 0.258. The maximum atomic E-state index is 12.0. The number of carbonyl (C=O) groups excluding carboxylic acids is 1. The van der Waals surface area contributed by atoms with Crippen LogP contribution in [-0.4, -0.2) is 29.3 Å². The number of aromatic nitrogens is 1. The lowest BCUT2D eigenvalue weighted by Crippen LogP contribution is -2.19. The van der Waals surface area contributed by atoms with Crippen LogP contribution in [0.4, 0.5) is 18.9 Å². The number of alkyl halides is 3. The second-order valence-corrected chi connectivity index (χ2v) is 3.97. The molecule has 0 atom stereocenters. The van der Waals surface area contributed by atoms with Gasteiger partial charge < -0.3 is 9.47 Å². The summed E-state index contributed by atoms with van der Waals surface area (Å²) in [5, 5.41) is 10.7. The van der Waals surface area contributed by atoms with E-state index in [-0.39, 0.29) is 0 Å². The van der Waals surface area contributed by atoms with Crippen molar-refractivity contribution in [2.75, 3.05) is 7.11 Å². The van der Waals surface area contributed by atoms with Gasteiger partial charge in [-0.05, 0) is 22.6 Å². The Kier molecular flexibility index (Phi) is 4.49. The average molecular weight is 392 g/mol. The van der Waals surface area contributed by atoms with Crippen LogP contribution in [0.25, 0.3) is 0 Å². The van der Waals surface area contributed by atoms with Crippen LogP contribution in [0.15, 0.2) is 6.07 Å². The lowest BCUT2D eigenvalue weighted by Gasteiger charge is -2.09. The van der Waals surface area contributed by atoms with Gasteiger partial charge in [0.05, 0.1) is 12.0 Å². The summed E-state index contributed by atoms with van der Waals surface area (Å²) in [5.41, 5.74) is -1.42. The molecule has 104 valence electrons. The maximum absolute atomic E-state index is 12.0. The number of nitro groups is 1. The van der Waals surface area contributed by atoms with Crippen molar-refractivity contribution in [3.8, 4) is 5.88 Å². The second kappa shape index (κ2) is 5.54. The van der Waals surface area contributed by atoms with Crippen molar-refractivity contribution in [2.45, 2.75) is 6.36 Å². The summed E-state index contributed by atoms with van der Waals surface area (Å²) in [5.74, 6) is -2.15. The topological polar surface area (TPSA) is 91.6 Å². The van der Waals surface area contributed by atoms with Gasteiger partial charge in [0.2, 0.25) is 5.88 Å². The normalized spacial score (nSPS) is 11.0. The van der Waals surface area contributed by atoms with Crippen molar-refractivity contribution >= 4 is 34.2 Å². The van der Waals surface area contributed by atoms with Gasteiger partial charge in [-0.2, -0.15) is 4.98 Å². The number of pyridine rings is 1. The Bertz CT molecular complexity index is 534. The molecule has 0 saturated heterocycles. The van der Waals surface area contributed by atoms with Gasteiger partial charge in [-0.1, -0.05) is 0 Å².